The fourth-order valence-corrected chi connectivity index (χ4v) is 3.14. The van der Waals surface area contributed by atoms with E-state index < -0.39 is 0 Å². The maximum absolute atomic E-state index is 11.1. The van der Waals surface area contributed by atoms with E-state index in [0.29, 0.717) is 0 Å². The molecule has 3 N–H and O–H groups in total. The van der Waals surface area contributed by atoms with Gasteiger partial charge in [-0.2, -0.15) is 0 Å². The Labute approximate surface area is 144 Å². The molecule has 2 rings (SSSR count). The van der Waals surface area contributed by atoms with Gasteiger partial charge in [0.1, 0.15) is 0 Å². The quantitative estimate of drug-likeness (QED) is 0.766. The van der Waals surface area contributed by atoms with Gasteiger partial charge in [0.25, 0.3) is 0 Å². The molecule has 1 fully saturated rings. The molecule has 0 aromatic heterocycles. The molecule has 6 heteroatoms. The Morgan fingerprint density at radius 2 is 1.87 bits per heavy atom. The molecule has 0 spiro atoms. The first-order valence-corrected chi connectivity index (χ1v) is 7.87. The highest BCUT2D eigenvalue weighted by Crippen LogP contribution is 2.38. The lowest BCUT2D eigenvalue weighted by atomic mass is 9.79. The molecule has 130 valence electrons. The lowest BCUT2D eigenvalue weighted by molar-refractivity contribution is -0.114. The number of hydrogen-bond acceptors (Lipinski definition) is 4. The highest BCUT2D eigenvalue weighted by atomic mass is 35.5. The van der Waals surface area contributed by atoms with Crippen LogP contribution in [0.15, 0.2) is 24.3 Å². The van der Waals surface area contributed by atoms with Gasteiger partial charge >= 0.3 is 0 Å². The van der Waals surface area contributed by atoms with Crippen molar-refractivity contribution in [2.45, 2.75) is 26.8 Å². The van der Waals surface area contributed by atoms with Gasteiger partial charge in [-0.15, -0.1) is 12.4 Å². The number of carbonyl (C=O) groups is 1. The number of aliphatic hydroxyl groups is 1. The lowest BCUT2D eigenvalue weighted by Crippen LogP contribution is -2.49. The van der Waals surface area contributed by atoms with Gasteiger partial charge in [0, 0.05) is 56.9 Å². The largest absolute Gasteiger partial charge is 0.396 e. The minimum atomic E-state index is -0.229. The molecule has 1 aromatic carbocycles. The van der Waals surface area contributed by atoms with Gasteiger partial charge in [-0.3, -0.25) is 9.69 Å². The second kappa shape index (κ2) is 8.64. The topological polar surface area (TPSA) is 64.6 Å². The summed E-state index contributed by atoms with van der Waals surface area (Å²) in [7, 11) is 0. The molecule has 1 aliphatic heterocycles. The maximum atomic E-state index is 11.1. The molecule has 1 amide bonds. The molecule has 1 atom stereocenters. The van der Waals surface area contributed by atoms with Crippen molar-refractivity contribution in [2.24, 2.45) is 5.41 Å². The van der Waals surface area contributed by atoms with Crippen LogP contribution in [0.4, 0.5) is 5.69 Å². The molecule has 1 aromatic rings. The smallest absolute Gasteiger partial charge is 0.221 e. The van der Waals surface area contributed by atoms with Gasteiger partial charge in [0.15, 0.2) is 0 Å². The molecule has 23 heavy (non-hydrogen) atoms. The minimum absolute atomic E-state index is 0. The molecule has 5 nitrogen and oxygen atoms in total. The van der Waals surface area contributed by atoms with Crippen LogP contribution < -0.4 is 10.6 Å². The molecule has 0 saturated carbocycles. The fraction of sp³-hybridized carbons (Fsp3) is 0.588. The molecule has 0 radical (unpaired) electrons. The molecule has 1 saturated heterocycles. The number of piperazine rings is 1. The van der Waals surface area contributed by atoms with Crippen LogP contribution in [0, 0.1) is 5.41 Å². The van der Waals surface area contributed by atoms with E-state index in [2.05, 4.69) is 41.5 Å². The van der Waals surface area contributed by atoms with Crippen LogP contribution in [-0.4, -0.2) is 48.7 Å². The zero-order chi connectivity index (χ0) is 16.2. The summed E-state index contributed by atoms with van der Waals surface area (Å²) in [5, 5.41) is 16.0. The Hall–Kier alpha value is -1.14. The zero-order valence-electron chi connectivity index (χ0n) is 14.1. The molecule has 0 unspecified atom stereocenters. The zero-order valence-corrected chi connectivity index (χ0v) is 14.9. The van der Waals surface area contributed by atoms with Gasteiger partial charge in [-0.25, -0.2) is 0 Å². The van der Waals surface area contributed by atoms with E-state index in [1.807, 2.05) is 12.1 Å². The van der Waals surface area contributed by atoms with Gasteiger partial charge in [-0.05, 0) is 17.7 Å². The van der Waals surface area contributed by atoms with E-state index in [4.69, 9.17) is 0 Å². The summed E-state index contributed by atoms with van der Waals surface area (Å²) in [6, 6.07) is 8.12. The van der Waals surface area contributed by atoms with Crippen molar-refractivity contribution in [1.29, 1.82) is 0 Å². The number of anilines is 1. The average molecular weight is 342 g/mol. The summed E-state index contributed by atoms with van der Waals surface area (Å²) < 4.78 is 0. The van der Waals surface area contributed by atoms with Crippen LogP contribution in [-0.2, 0) is 4.79 Å². The standard InChI is InChI=1S/C17H27N3O2.ClH/c1-13(22)19-15-6-4-14(5-7-15)16(17(2,3)12-21)20-10-8-18-9-11-20;/h4-7,16,18,21H,8-12H2,1-3H3,(H,19,22);1H/t16-;/m1./s1. The second-order valence-electron chi connectivity index (χ2n) is 6.64. The van der Waals surface area contributed by atoms with Gasteiger partial charge < -0.3 is 15.7 Å². The average Bonchev–Trinajstić information content (AvgIpc) is 2.49. The molecule has 1 heterocycles. The number of aliphatic hydroxyl groups excluding tert-OH is 1. The lowest BCUT2D eigenvalue weighted by Gasteiger charge is -2.43. The number of nitrogens with one attached hydrogen (secondary N) is 2. The van der Waals surface area contributed by atoms with Crippen molar-refractivity contribution in [1.82, 2.24) is 10.2 Å². The Morgan fingerprint density at radius 1 is 1.30 bits per heavy atom. The van der Waals surface area contributed by atoms with E-state index in [-0.39, 0.29) is 36.4 Å². The van der Waals surface area contributed by atoms with E-state index in [1.54, 1.807) is 0 Å². The predicted octanol–water partition coefficient (Wildman–Crippen LogP) is 2.03. The second-order valence-corrected chi connectivity index (χ2v) is 6.64. The summed E-state index contributed by atoms with van der Waals surface area (Å²) in [5.41, 5.74) is 1.75. The normalized spacial score (nSPS) is 17.2. The maximum Gasteiger partial charge on any atom is 0.221 e. The van der Waals surface area contributed by atoms with Crippen LogP contribution in [0.5, 0.6) is 0 Å². The Balaban J connectivity index is 0.00000264. The Bertz CT molecular complexity index is 499. The van der Waals surface area contributed by atoms with E-state index >= 15 is 0 Å². The number of nitrogens with zero attached hydrogens (tertiary/aromatic N) is 1. The summed E-state index contributed by atoms with van der Waals surface area (Å²) in [5.74, 6) is -0.0675. The number of halogens is 1. The third-order valence-corrected chi connectivity index (χ3v) is 4.21. The first kappa shape index (κ1) is 19.9. The first-order chi connectivity index (χ1) is 10.4. The number of hydrogen-bond donors (Lipinski definition) is 3. The van der Waals surface area contributed by atoms with Crippen molar-refractivity contribution < 1.29 is 9.90 Å². The van der Waals surface area contributed by atoms with Crippen molar-refractivity contribution in [3.05, 3.63) is 29.8 Å². The highest BCUT2D eigenvalue weighted by Gasteiger charge is 2.35. The molecule has 0 aliphatic carbocycles. The summed E-state index contributed by atoms with van der Waals surface area (Å²) >= 11 is 0. The number of carbonyl (C=O) groups excluding carboxylic acids is 1. The van der Waals surface area contributed by atoms with Crippen LogP contribution in [0.1, 0.15) is 32.4 Å². The van der Waals surface area contributed by atoms with Crippen LogP contribution in [0.2, 0.25) is 0 Å². The van der Waals surface area contributed by atoms with Gasteiger partial charge in [-0.1, -0.05) is 26.0 Å². The molecular weight excluding hydrogens is 314 g/mol. The number of amides is 1. The third kappa shape index (κ3) is 5.18. The van der Waals surface area contributed by atoms with Gasteiger partial charge in [0.2, 0.25) is 5.91 Å². The van der Waals surface area contributed by atoms with Crippen molar-refractivity contribution in [3.63, 3.8) is 0 Å². The molecule has 1 aliphatic rings. The van der Waals surface area contributed by atoms with Crippen LogP contribution in [0.3, 0.4) is 0 Å². The summed E-state index contributed by atoms with van der Waals surface area (Å²) in [6.45, 7) is 9.73. The monoisotopic (exact) mass is 341 g/mol. The first-order valence-electron chi connectivity index (χ1n) is 7.87. The van der Waals surface area contributed by atoms with Gasteiger partial charge in [0.05, 0.1) is 0 Å². The molecular formula is C17H28ClN3O2. The summed E-state index contributed by atoms with van der Waals surface area (Å²) in [6.07, 6.45) is 0. The third-order valence-electron chi connectivity index (χ3n) is 4.21. The Morgan fingerprint density at radius 3 is 2.35 bits per heavy atom. The van der Waals surface area contributed by atoms with Crippen molar-refractivity contribution in [3.8, 4) is 0 Å². The van der Waals surface area contributed by atoms with Crippen LogP contribution in [0.25, 0.3) is 0 Å². The van der Waals surface area contributed by atoms with Crippen molar-refractivity contribution in [2.75, 3.05) is 38.1 Å². The minimum Gasteiger partial charge on any atom is -0.396 e. The fourth-order valence-electron chi connectivity index (χ4n) is 3.14. The molecule has 0 bridgehead atoms. The van der Waals surface area contributed by atoms with E-state index in [9.17, 15) is 9.90 Å². The predicted molar refractivity (Wildman–Crippen MR) is 96.0 cm³/mol. The number of rotatable bonds is 5. The van der Waals surface area contributed by atoms with Crippen molar-refractivity contribution >= 4 is 24.0 Å². The Kier molecular flexibility index (Phi) is 7.48. The SMILES string of the molecule is CC(=O)Nc1ccc([C@@H](N2CCNCC2)C(C)(C)CO)cc1.Cl. The van der Waals surface area contributed by atoms with E-state index in [1.165, 1.54) is 12.5 Å². The number of benzene rings is 1. The highest BCUT2D eigenvalue weighted by molar-refractivity contribution is 5.88. The van der Waals surface area contributed by atoms with Crippen LogP contribution >= 0.6 is 12.4 Å². The summed E-state index contributed by atoms with van der Waals surface area (Å²) in [4.78, 5) is 13.6. The van der Waals surface area contributed by atoms with E-state index in [0.717, 1.165) is 31.9 Å².